The lowest BCUT2D eigenvalue weighted by atomic mass is 10.1. The fraction of sp³-hybridized carbons (Fsp3) is 0.120. The monoisotopic (exact) mass is 493 g/mol. The second kappa shape index (κ2) is 9.54. The van der Waals surface area contributed by atoms with Gasteiger partial charge in [0.05, 0.1) is 11.4 Å². The number of amides is 2. The fourth-order valence-corrected chi connectivity index (χ4v) is 4.26. The molecule has 0 spiro atoms. The summed E-state index contributed by atoms with van der Waals surface area (Å²) < 4.78 is 6.85. The standard InChI is InChI=1S/C25H20BrNO3S/c1-17-4-2-3-5-20(17)15-27-24(28)23(31-25(27)29)14-18-8-12-22(13-9-18)30-16-19-6-10-21(26)11-7-19/h2-14H,15-16H2,1H3/b23-14-. The van der Waals surface area contributed by atoms with E-state index in [4.69, 9.17) is 4.74 Å². The van der Waals surface area contributed by atoms with Crippen LogP contribution in [0.3, 0.4) is 0 Å². The van der Waals surface area contributed by atoms with Crippen molar-refractivity contribution in [3.05, 3.63) is 104 Å². The zero-order valence-corrected chi connectivity index (χ0v) is 19.3. The smallest absolute Gasteiger partial charge is 0.293 e. The zero-order chi connectivity index (χ0) is 21.8. The molecule has 1 aliphatic rings. The molecule has 0 unspecified atom stereocenters. The Morgan fingerprint density at radius 1 is 0.968 bits per heavy atom. The number of imide groups is 1. The van der Waals surface area contributed by atoms with Crippen LogP contribution in [-0.2, 0) is 17.9 Å². The molecule has 1 heterocycles. The lowest BCUT2D eigenvalue weighted by molar-refractivity contribution is -0.123. The summed E-state index contributed by atoms with van der Waals surface area (Å²) in [6.45, 7) is 2.74. The molecule has 31 heavy (non-hydrogen) atoms. The average molecular weight is 494 g/mol. The maximum atomic E-state index is 12.8. The molecule has 4 nitrogen and oxygen atoms in total. The Hall–Kier alpha value is -2.83. The van der Waals surface area contributed by atoms with Gasteiger partial charge in [-0.15, -0.1) is 0 Å². The highest BCUT2D eigenvalue weighted by atomic mass is 79.9. The maximum absolute atomic E-state index is 12.8. The number of rotatable bonds is 6. The van der Waals surface area contributed by atoms with Gasteiger partial charge in [-0.05, 0) is 71.3 Å². The van der Waals surface area contributed by atoms with Gasteiger partial charge in [0.1, 0.15) is 12.4 Å². The predicted molar refractivity (Wildman–Crippen MR) is 128 cm³/mol. The van der Waals surface area contributed by atoms with E-state index in [1.165, 1.54) is 4.90 Å². The molecule has 0 bridgehead atoms. The van der Waals surface area contributed by atoms with E-state index in [1.807, 2.05) is 79.7 Å². The van der Waals surface area contributed by atoms with Gasteiger partial charge < -0.3 is 4.74 Å². The number of benzene rings is 3. The molecule has 156 valence electrons. The lowest BCUT2D eigenvalue weighted by Gasteiger charge is -2.14. The molecule has 0 radical (unpaired) electrons. The molecule has 3 aromatic rings. The first-order valence-corrected chi connectivity index (χ1v) is 11.4. The van der Waals surface area contributed by atoms with E-state index in [0.717, 1.165) is 44.2 Å². The van der Waals surface area contributed by atoms with Gasteiger partial charge in [-0.3, -0.25) is 14.5 Å². The van der Waals surface area contributed by atoms with Crippen molar-refractivity contribution in [1.82, 2.24) is 4.90 Å². The molecule has 2 amide bonds. The van der Waals surface area contributed by atoms with Crippen LogP contribution in [0, 0.1) is 6.92 Å². The summed E-state index contributed by atoms with van der Waals surface area (Å²) in [7, 11) is 0. The summed E-state index contributed by atoms with van der Waals surface area (Å²) in [5.41, 5.74) is 3.95. The van der Waals surface area contributed by atoms with Crippen molar-refractivity contribution in [3.63, 3.8) is 0 Å². The average Bonchev–Trinajstić information content (AvgIpc) is 3.03. The number of hydrogen-bond donors (Lipinski definition) is 0. The van der Waals surface area contributed by atoms with Crippen LogP contribution in [0.5, 0.6) is 5.75 Å². The van der Waals surface area contributed by atoms with Gasteiger partial charge in [-0.2, -0.15) is 0 Å². The second-order valence-corrected chi connectivity index (χ2v) is 9.09. The fourth-order valence-electron chi connectivity index (χ4n) is 3.15. The number of thioether (sulfide) groups is 1. The molecule has 3 aromatic carbocycles. The van der Waals surface area contributed by atoms with Gasteiger partial charge in [-0.25, -0.2) is 0 Å². The molecule has 0 saturated carbocycles. The summed E-state index contributed by atoms with van der Waals surface area (Å²) in [5, 5.41) is -0.242. The van der Waals surface area contributed by atoms with E-state index >= 15 is 0 Å². The summed E-state index contributed by atoms with van der Waals surface area (Å²) >= 11 is 4.40. The SMILES string of the molecule is Cc1ccccc1CN1C(=O)S/C(=C\c2ccc(OCc3ccc(Br)cc3)cc2)C1=O. The van der Waals surface area contributed by atoms with E-state index < -0.39 is 0 Å². The van der Waals surface area contributed by atoms with Gasteiger partial charge in [0, 0.05) is 4.47 Å². The molecule has 6 heteroatoms. The molecule has 0 aromatic heterocycles. The number of ether oxygens (including phenoxy) is 1. The van der Waals surface area contributed by atoms with Crippen molar-refractivity contribution in [2.45, 2.75) is 20.1 Å². The summed E-state index contributed by atoms with van der Waals surface area (Å²) in [4.78, 5) is 26.9. The Morgan fingerprint density at radius 2 is 1.68 bits per heavy atom. The molecule has 1 fully saturated rings. The third kappa shape index (κ3) is 5.27. The molecular formula is C25H20BrNO3S. The molecule has 0 aliphatic carbocycles. The molecule has 0 atom stereocenters. The first-order chi connectivity index (χ1) is 15.0. The Bertz CT molecular complexity index is 1140. The van der Waals surface area contributed by atoms with E-state index in [1.54, 1.807) is 6.08 Å². The van der Waals surface area contributed by atoms with Crippen molar-refractivity contribution in [2.75, 3.05) is 0 Å². The number of hydrogen-bond acceptors (Lipinski definition) is 4. The maximum Gasteiger partial charge on any atom is 0.293 e. The highest BCUT2D eigenvalue weighted by Crippen LogP contribution is 2.33. The van der Waals surface area contributed by atoms with E-state index in [-0.39, 0.29) is 17.7 Å². The van der Waals surface area contributed by atoms with Gasteiger partial charge in [0.25, 0.3) is 11.1 Å². The van der Waals surface area contributed by atoms with Crippen molar-refractivity contribution < 1.29 is 14.3 Å². The minimum absolute atomic E-state index is 0.242. The van der Waals surface area contributed by atoms with Gasteiger partial charge in [0.15, 0.2) is 0 Å². The van der Waals surface area contributed by atoms with Crippen LogP contribution < -0.4 is 4.74 Å². The Balaban J connectivity index is 1.41. The molecule has 4 rings (SSSR count). The topological polar surface area (TPSA) is 46.6 Å². The number of aryl methyl sites for hydroxylation is 1. The minimum atomic E-state index is -0.256. The van der Waals surface area contributed by atoms with E-state index in [0.29, 0.717) is 11.5 Å². The minimum Gasteiger partial charge on any atom is -0.489 e. The van der Waals surface area contributed by atoms with Crippen LogP contribution in [0.4, 0.5) is 4.79 Å². The van der Waals surface area contributed by atoms with Gasteiger partial charge in [-0.1, -0.05) is 64.5 Å². The van der Waals surface area contributed by atoms with Gasteiger partial charge >= 0.3 is 0 Å². The van der Waals surface area contributed by atoms with E-state index in [9.17, 15) is 9.59 Å². The number of carbonyl (C=O) groups excluding carboxylic acids is 2. The van der Waals surface area contributed by atoms with Gasteiger partial charge in [0.2, 0.25) is 0 Å². The summed E-state index contributed by atoms with van der Waals surface area (Å²) in [6, 6.07) is 23.2. The summed E-state index contributed by atoms with van der Waals surface area (Å²) in [5.74, 6) is 0.488. The quantitative estimate of drug-likeness (QED) is 0.364. The van der Waals surface area contributed by atoms with Crippen molar-refractivity contribution in [3.8, 4) is 5.75 Å². The first-order valence-electron chi connectivity index (χ1n) is 9.77. The number of carbonyl (C=O) groups is 2. The lowest BCUT2D eigenvalue weighted by Crippen LogP contribution is -2.27. The molecule has 0 N–H and O–H groups in total. The highest BCUT2D eigenvalue weighted by Gasteiger charge is 2.35. The normalized spacial score (nSPS) is 15.0. The van der Waals surface area contributed by atoms with Crippen molar-refractivity contribution in [1.29, 1.82) is 0 Å². The third-order valence-electron chi connectivity index (χ3n) is 4.96. The number of halogens is 1. The summed E-state index contributed by atoms with van der Waals surface area (Å²) in [6.07, 6.45) is 1.75. The van der Waals surface area contributed by atoms with Crippen molar-refractivity contribution >= 4 is 44.9 Å². The van der Waals surface area contributed by atoms with E-state index in [2.05, 4.69) is 15.9 Å². The van der Waals surface area contributed by atoms with Crippen LogP contribution in [-0.4, -0.2) is 16.0 Å². The van der Waals surface area contributed by atoms with Crippen LogP contribution in [0.2, 0.25) is 0 Å². The Morgan fingerprint density at radius 3 is 2.39 bits per heavy atom. The second-order valence-electron chi connectivity index (χ2n) is 7.18. The van der Waals surface area contributed by atoms with Crippen molar-refractivity contribution in [2.24, 2.45) is 0 Å². The predicted octanol–water partition coefficient (Wildman–Crippen LogP) is 6.57. The highest BCUT2D eigenvalue weighted by molar-refractivity contribution is 9.10. The van der Waals surface area contributed by atoms with Crippen LogP contribution >= 0.6 is 27.7 Å². The van der Waals surface area contributed by atoms with Crippen LogP contribution in [0.1, 0.15) is 22.3 Å². The molecular weight excluding hydrogens is 474 g/mol. The first kappa shape index (κ1) is 21.4. The third-order valence-corrected chi connectivity index (χ3v) is 6.40. The zero-order valence-electron chi connectivity index (χ0n) is 16.9. The van der Waals surface area contributed by atoms with Crippen LogP contribution in [0.15, 0.2) is 82.2 Å². The molecule has 1 saturated heterocycles. The largest absolute Gasteiger partial charge is 0.489 e. The number of nitrogens with zero attached hydrogens (tertiary/aromatic N) is 1. The Kier molecular flexibility index (Phi) is 6.59. The van der Waals surface area contributed by atoms with Crippen LogP contribution in [0.25, 0.3) is 6.08 Å². The molecule has 1 aliphatic heterocycles. The Labute approximate surface area is 194 Å².